The van der Waals surface area contributed by atoms with Crippen LogP contribution >= 0.6 is 0 Å². The molecule has 1 amide bonds. The highest BCUT2D eigenvalue weighted by molar-refractivity contribution is 5.83. The summed E-state index contributed by atoms with van der Waals surface area (Å²) in [6.07, 6.45) is 3.73. The van der Waals surface area contributed by atoms with Crippen molar-refractivity contribution in [2.45, 2.75) is 71.6 Å². The lowest BCUT2D eigenvalue weighted by atomic mass is 9.96. The second kappa shape index (κ2) is 10.2. The van der Waals surface area contributed by atoms with Crippen LogP contribution < -0.4 is 10.6 Å². The topological polar surface area (TPSA) is 81.1 Å². The number of carbonyl (C=O) groups is 1. The summed E-state index contributed by atoms with van der Waals surface area (Å²) in [5.41, 5.74) is 4.84. The first-order valence-corrected chi connectivity index (χ1v) is 13.1. The van der Waals surface area contributed by atoms with Gasteiger partial charge in [0.25, 0.3) is 0 Å². The first-order valence-electron chi connectivity index (χ1n) is 13.1. The van der Waals surface area contributed by atoms with Crippen molar-refractivity contribution in [3.63, 3.8) is 0 Å². The van der Waals surface area contributed by atoms with E-state index in [1.165, 1.54) is 11.1 Å². The Morgan fingerprint density at radius 2 is 1.76 bits per heavy atom. The number of nitrogens with one attached hydrogen (secondary N) is 2. The second-order valence-electron chi connectivity index (χ2n) is 10.7. The second-order valence-corrected chi connectivity index (χ2v) is 10.7. The lowest BCUT2D eigenvalue weighted by Crippen LogP contribution is -2.34. The fourth-order valence-electron chi connectivity index (χ4n) is 4.89. The van der Waals surface area contributed by atoms with Gasteiger partial charge in [0, 0.05) is 23.2 Å². The first kappa shape index (κ1) is 24.8. The van der Waals surface area contributed by atoms with E-state index in [-0.39, 0.29) is 6.04 Å². The van der Waals surface area contributed by atoms with Crippen molar-refractivity contribution >= 4 is 22.8 Å². The number of nitrogens with zero attached hydrogens (tertiary/aromatic N) is 3. The Hall–Kier alpha value is -3.87. The molecule has 0 bridgehead atoms. The number of aromatic nitrogens is 3. The molecule has 0 aliphatic heterocycles. The van der Waals surface area contributed by atoms with Crippen molar-refractivity contribution in [1.82, 2.24) is 19.9 Å². The summed E-state index contributed by atoms with van der Waals surface area (Å²) in [7, 11) is 0. The average molecular weight is 498 g/mol. The van der Waals surface area contributed by atoms with Gasteiger partial charge in [0.1, 0.15) is 11.4 Å². The van der Waals surface area contributed by atoms with Crippen molar-refractivity contribution in [1.29, 1.82) is 0 Å². The SMILES string of the molecule is CC(NC(=O)OC(C)(C)C)c1cc2ccccc2n1-c1nc2c(c(NCc3ccccc3)n1)CCCC2. The van der Waals surface area contributed by atoms with Gasteiger partial charge in [-0.25, -0.2) is 9.78 Å². The van der Waals surface area contributed by atoms with Gasteiger partial charge in [-0.1, -0.05) is 48.5 Å². The molecule has 2 aromatic carbocycles. The number of carbonyl (C=O) groups excluding carboxylic acids is 1. The number of aryl methyl sites for hydroxylation is 1. The van der Waals surface area contributed by atoms with Gasteiger partial charge in [-0.2, -0.15) is 4.98 Å². The van der Waals surface area contributed by atoms with Gasteiger partial charge in [-0.05, 0) is 71.1 Å². The molecule has 1 atom stereocenters. The molecule has 1 unspecified atom stereocenters. The molecular weight excluding hydrogens is 462 g/mol. The number of rotatable bonds is 6. The molecule has 2 N–H and O–H groups in total. The van der Waals surface area contributed by atoms with Gasteiger partial charge in [0.05, 0.1) is 17.3 Å². The van der Waals surface area contributed by atoms with Gasteiger partial charge >= 0.3 is 6.09 Å². The predicted octanol–water partition coefficient (Wildman–Crippen LogP) is 6.50. The van der Waals surface area contributed by atoms with E-state index >= 15 is 0 Å². The third-order valence-electron chi connectivity index (χ3n) is 6.59. The summed E-state index contributed by atoms with van der Waals surface area (Å²) < 4.78 is 7.59. The smallest absolute Gasteiger partial charge is 0.408 e. The van der Waals surface area contributed by atoms with Crippen LogP contribution in [0.4, 0.5) is 10.6 Å². The molecule has 1 aliphatic carbocycles. The molecule has 0 saturated carbocycles. The number of anilines is 1. The fraction of sp³-hybridized carbons (Fsp3) is 0.367. The normalized spacial score (nSPS) is 14.2. The number of benzene rings is 2. The lowest BCUT2D eigenvalue weighted by molar-refractivity contribution is 0.0506. The van der Waals surface area contributed by atoms with Gasteiger partial charge in [-0.3, -0.25) is 4.57 Å². The third-order valence-corrected chi connectivity index (χ3v) is 6.59. The summed E-state index contributed by atoms with van der Waals surface area (Å²) in [6, 6.07) is 20.3. The molecule has 7 nitrogen and oxygen atoms in total. The Morgan fingerprint density at radius 1 is 1.03 bits per heavy atom. The highest BCUT2D eigenvalue weighted by Crippen LogP contribution is 2.31. The maximum Gasteiger partial charge on any atom is 0.408 e. The van der Waals surface area contributed by atoms with E-state index in [1.54, 1.807) is 0 Å². The van der Waals surface area contributed by atoms with Crippen molar-refractivity contribution in [2.24, 2.45) is 0 Å². The quantitative estimate of drug-likeness (QED) is 0.318. The van der Waals surface area contributed by atoms with Crippen LogP contribution in [0.5, 0.6) is 0 Å². The molecule has 0 saturated heterocycles. The van der Waals surface area contributed by atoms with E-state index < -0.39 is 11.7 Å². The van der Waals surface area contributed by atoms with Crippen LogP contribution in [0.2, 0.25) is 0 Å². The summed E-state index contributed by atoms with van der Waals surface area (Å²) in [5.74, 6) is 1.50. The van der Waals surface area contributed by atoms with Gasteiger partial charge in [-0.15, -0.1) is 0 Å². The van der Waals surface area contributed by atoms with Gasteiger partial charge in [0.2, 0.25) is 5.95 Å². The summed E-state index contributed by atoms with van der Waals surface area (Å²) in [5, 5.41) is 7.65. The summed E-state index contributed by atoms with van der Waals surface area (Å²) in [4.78, 5) is 22.7. The third kappa shape index (κ3) is 5.61. The van der Waals surface area contributed by atoms with Gasteiger partial charge < -0.3 is 15.4 Å². The van der Waals surface area contributed by atoms with E-state index in [9.17, 15) is 4.79 Å². The largest absolute Gasteiger partial charge is 0.444 e. The Balaban J connectivity index is 1.56. The molecule has 0 spiro atoms. The van der Waals surface area contributed by atoms with Crippen molar-refractivity contribution in [2.75, 3.05) is 5.32 Å². The molecule has 0 radical (unpaired) electrons. The van der Waals surface area contributed by atoms with Crippen LogP contribution in [0.25, 0.3) is 16.9 Å². The number of hydrogen-bond acceptors (Lipinski definition) is 5. The monoisotopic (exact) mass is 497 g/mol. The van der Waals surface area contributed by atoms with E-state index in [0.29, 0.717) is 12.5 Å². The predicted molar refractivity (Wildman–Crippen MR) is 147 cm³/mol. The molecule has 5 rings (SSSR count). The first-order chi connectivity index (χ1) is 17.8. The zero-order valence-electron chi connectivity index (χ0n) is 22.0. The van der Waals surface area contributed by atoms with E-state index in [4.69, 9.17) is 14.7 Å². The van der Waals surface area contributed by atoms with Crippen LogP contribution in [0.3, 0.4) is 0 Å². The van der Waals surface area contributed by atoms with Crippen molar-refractivity contribution in [3.05, 3.63) is 83.2 Å². The van der Waals surface area contributed by atoms with Gasteiger partial charge in [0.15, 0.2) is 0 Å². The Bertz CT molecular complexity index is 1410. The Morgan fingerprint density at radius 3 is 2.54 bits per heavy atom. The highest BCUT2D eigenvalue weighted by atomic mass is 16.6. The standard InChI is InChI=1S/C30H35N5O2/c1-20(32-29(36)37-30(2,3)4)26-18-22-14-8-11-17-25(22)35(26)28-33-24-16-10-9-15-23(24)27(34-28)31-19-21-12-6-5-7-13-21/h5-8,11-14,17-18,20H,9-10,15-16,19H2,1-4H3,(H,32,36)(H,31,33,34). The van der Waals surface area contributed by atoms with Crippen LogP contribution in [0.1, 0.15) is 69.1 Å². The van der Waals surface area contributed by atoms with E-state index in [1.807, 2.05) is 45.9 Å². The number of para-hydroxylation sites is 1. The minimum absolute atomic E-state index is 0.317. The lowest BCUT2D eigenvalue weighted by Gasteiger charge is -2.24. The van der Waals surface area contributed by atoms with Crippen LogP contribution in [-0.4, -0.2) is 26.2 Å². The van der Waals surface area contributed by atoms with Crippen molar-refractivity contribution in [3.8, 4) is 5.95 Å². The zero-order valence-corrected chi connectivity index (χ0v) is 22.0. The minimum Gasteiger partial charge on any atom is -0.444 e. The average Bonchev–Trinajstić information content (AvgIpc) is 3.26. The Kier molecular flexibility index (Phi) is 6.87. The maximum absolute atomic E-state index is 12.6. The fourth-order valence-corrected chi connectivity index (χ4v) is 4.89. The molecule has 1 aliphatic rings. The Labute approximate surface area is 218 Å². The van der Waals surface area contributed by atoms with Crippen LogP contribution in [0, 0.1) is 0 Å². The van der Waals surface area contributed by atoms with E-state index in [0.717, 1.165) is 53.8 Å². The number of fused-ring (bicyclic) bond motifs is 2. The number of alkyl carbamates (subject to hydrolysis) is 1. The molecule has 4 aromatic rings. The molecule has 2 aromatic heterocycles. The molecule has 192 valence electrons. The molecule has 37 heavy (non-hydrogen) atoms. The maximum atomic E-state index is 12.6. The number of hydrogen-bond donors (Lipinski definition) is 2. The molecular formula is C30H35N5O2. The van der Waals surface area contributed by atoms with E-state index in [2.05, 4.69) is 57.7 Å². The summed E-state index contributed by atoms with van der Waals surface area (Å²) in [6.45, 7) is 8.23. The number of amides is 1. The van der Waals surface area contributed by atoms with Crippen LogP contribution in [0.15, 0.2) is 60.7 Å². The molecule has 7 heteroatoms. The van der Waals surface area contributed by atoms with Crippen LogP contribution in [-0.2, 0) is 24.1 Å². The highest BCUT2D eigenvalue weighted by Gasteiger charge is 2.24. The zero-order chi connectivity index (χ0) is 26.0. The minimum atomic E-state index is -0.572. The molecule has 2 heterocycles. The van der Waals surface area contributed by atoms with Crippen molar-refractivity contribution < 1.29 is 9.53 Å². The summed E-state index contributed by atoms with van der Waals surface area (Å²) >= 11 is 0. The number of ether oxygens (including phenoxy) is 1. The molecule has 0 fully saturated rings.